The topological polar surface area (TPSA) is 114 Å². The van der Waals surface area contributed by atoms with Crippen LogP contribution < -0.4 is 10.5 Å². The molecule has 0 aliphatic carbocycles. The molecule has 0 spiro atoms. The van der Waals surface area contributed by atoms with Crippen LogP contribution >= 0.6 is 0 Å². The van der Waals surface area contributed by atoms with Gasteiger partial charge in [0, 0.05) is 32.1 Å². The van der Waals surface area contributed by atoms with Gasteiger partial charge in [-0.3, -0.25) is 0 Å². The zero-order chi connectivity index (χ0) is 13.7. The lowest BCUT2D eigenvalue weighted by Gasteiger charge is -2.33. The molecular formula is C10H19N5O3S. The van der Waals surface area contributed by atoms with E-state index in [1.54, 1.807) is 0 Å². The Morgan fingerprint density at radius 1 is 1.53 bits per heavy atom. The van der Waals surface area contributed by atoms with Crippen molar-refractivity contribution in [3.05, 3.63) is 12.2 Å². The molecule has 2 rings (SSSR count). The summed E-state index contributed by atoms with van der Waals surface area (Å²) in [4.78, 5) is 3.83. The van der Waals surface area contributed by atoms with Crippen molar-refractivity contribution < 1.29 is 12.9 Å². The Morgan fingerprint density at radius 3 is 3.05 bits per heavy atom. The second kappa shape index (κ2) is 6.42. The second-order valence-electron chi connectivity index (χ2n) is 4.49. The minimum atomic E-state index is -3.48. The summed E-state index contributed by atoms with van der Waals surface area (Å²) in [6.07, 6.45) is 4.34. The zero-order valence-electron chi connectivity index (χ0n) is 10.7. The van der Waals surface area contributed by atoms with Gasteiger partial charge < -0.3 is 10.3 Å². The molecule has 1 aromatic heterocycles. The van der Waals surface area contributed by atoms with E-state index in [4.69, 9.17) is 5.73 Å². The third kappa shape index (κ3) is 3.72. The maximum Gasteiger partial charge on any atom is 0.279 e. The van der Waals surface area contributed by atoms with E-state index in [1.807, 2.05) is 0 Å². The average molecular weight is 289 g/mol. The molecule has 1 aliphatic rings. The summed E-state index contributed by atoms with van der Waals surface area (Å²) in [5.41, 5.74) is 5.63. The van der Waals surface area contributed by atoms with Gasteiger partial charge in [0.25, 0.3) is 10.2 Å². The largest absolute Gasteiger partial charge is 0.343 e. The summed E-state index contributed by atoms with van der Waals surface area (Å²) in [7, 11) is -3.48. The Bertz CT molecular complexity index is 475. The van der Waals surface area contributed by atoms with E-state index in [0.29, 0.717) is 25.3 Å². The molecule has 1 aromatic rings. The number of hydrogen-bond acceptors (Lipinski definition) is 6. The first-order valence-corrected chi connectivity index (χ1v) is 7.79. The molecule has 1 fully saturated rings. The molecule has 3 N–H and O–H groups in total. The fraction of sp³-hybridized carbons (Fsp3) is 0.800. The van der Waals surface area contributed by atoms with Crippen LogP contribution in [0.3, 0.4) is 0 Å². The minimum Gasteiger partial charge on any atom is -0.343 e. The van der Waals surface area contributed by atoms with Crippen molar-refractivity contribution in [2.24, 2.45) is 5.73 Å². The fourth-order valence-electron chi connectivity index (χ4n) is 2.20. The predicted octanol–water partition coefficient (Wildman–Crippen LogP) is -0.740. The van der Waals surface area contributed by atoms with Crippen molar-refractivity contribution in [1.82, 2.24) is 19.2 Å². The van der Waals surface area contributed by atoms with Crippen LogP contribution in [0.4, 0.5) is 0 Å². The lowest BCUT2D eigenvalue weighted by Crippen LogP contribution is -2.51. The summed E-state index contributed by atoms with van der Waals surface area (Å²) in [5, 5.41) is 3.62. The van der Waals surface area contributed by atoms with Crippen molar-refractivity contribution in [2.75, 3.05) is 19.6 Å². The van der Waals surface area contributed by atoms with Crippen LogP contribution in [-0.4, -0.2) is 48.5 Å². The molecule has 108 valence electrons. The lowest BCUT2D eigenvalue weighted by atomic mass is 10.1. The quantitative estimate of drug-likeness (QED) is 0.713. The van der Waals surface area contributed by atoms with Gasteiger partial charge in [-0.2, -0.15) is 17.7 Å². The molecule has 2 heterocycles. The SMILES string of the molecule is NCC1CCCCN1S(=O)(=O)NCCc1ncon1. The molecule has 1 aliphatic heterocycles. The van der Waals surface area contributed by atoms with Gasteiger partial charge in [0.15, 0.2) is 5.82 Å². The van der Waals surface area contributed by atoms with Gasteiger partial charge >= 0.3 is 0 Å². The Labute approximate surface area is 112 Å². The van der Waals surface area contributed by atoms with Crippen molar-refractivity contribution in [2.45, 2.75) is 31.7 Å². The average Bonchev–Trinajstić information content (AvgIpc) is 2.91. The van der Waals surface area contributed by atoms with Gasteiger partial charge in [-0.1, -0.05) is 11.6 Å². The van der Waals surface area contributed by atoms with Crippen LogP contribution in [0.1, 0.15) is 25.1 Å². The van der Waals surface area contributed by atoms with Crippen molar-refractivity contribution in [3.63, 3.8) is 0 Å². The third-order valence-corrected chi connectivity index (χ3v) is 4.86. The Morgan fingerprint density at radius 2 is 2.37 bits per heavy atom. The highest BCUT2D eigenvalue weighted by Crippen LogP contribution is 2.18. The van der Waals surface area contributed by atoms with Crippen LogP contribution in [0.2, 0.25) is 0 Å². The number of nitrogens with one attached hydrogen (secondary N) is 1. The van der Waals surface area contributed by atoms with Crippen LogP contribution in [0.5, 0.6) is 0 Å². The first-order chi connectivity index (χ1) is 9.13. The monoisotopic (exact) mass is 289 g/mol. The smallest absolute Gasteiger partial charge is 0.279 e. The van der Waals surface area contributed by atoms with Gasteiger partial charge in [-0.05, 0) is 12.8 Å². The van der Waals surface area contributed by atoms with Crippen molar-refractivity contribution in [1.29, 1.82) is 0 Å². The van der Waals surface area contributed by atoms with E-state index in [2.05, 4.69) is 19.4 Å². The molecular weight excluding hydrogens is 270 g/mol. The summed E-state index contributed by atoms with van der Waals surface area (Å²) in [6.45, 7) is 1.13. The molecule has 0 saturated carbocycles. The Hall–Kier alpha value is -1.03. The molecule has 9 heteroatoms. The standard InChI is InChI=1S/C10H19N5O3S/c11-7-9-3-1-2-6-15(9)19(16,17)13-5-4-10-12-8-18-14-10/h8-9,13H,1-7,11H2. The summed E-state index contributed by atoms with van der Waals surface area (Å²) < 4.78 is 33.0. The molecule has 0 aromatic carbocycles. The molecule has 1 saturated heterocycles. The van der Waals surface area contributed by atoms with Crippen molar-refractivity contribution >= 4 is 10.2 Å². The van der Waals surface area contributed by atoms with Crippen LogP contribution in [0, 0.1) is 0 Å². The summed E-state index contributed by atoms with van der Waals surface area (Å²) >= 11 is 0. The van der Waals surface area contributed by atoms with E-state index in [0.717, 1.165) is 19.3 Å². The van der Waals surface area contributed by atoms with Gasteiger partial charge in [0.05, 0.1) is 0 Å². The highest BCUT2D eigenvalue weighted by Gasteiger charge is 2.30. The van der Waals surface area contributed by atoms with E-state index in [1.165, 1.54) is 10.7 Å². The number of nitrogens with zero attached hydrogens (tertiary/aromatic N) is 3. The van der Waals surface area contributed by atoms with E-state index < -0.39 is 10.2 Å². The van der Waals surface area contributed by atoms with Crippen LogP contribution in [0.15, 0.2) is 10.9 Å². The molecule has 0 bridgehead atoms. The number of hydrogen-bond donors (Lipinski definition) is 2. The second-order valence-corrected chi connectivity index (χ2v) is 6.20. The molecule has 0 amide bonds. The summed E-state index contributed by atoms with van der Waals surface area (Å²) in [5.74, 6) is 0.483. The zero-order valence-corrected chi connectivity index (χ0v) is 11.5. The van der Waals surface area contributed by atoms with Crippen LogP contribution in [-0.2, 0) is 16.6 Å². The lowest BCUT2D eigenvalue weighted by molar-refractivity contribution is 0.254. The Kier molecular flexibility index (Phi) is 4.86. The van der Waals surface area contributed by atoms with Crippen LogP contribution in [0.25, 0.3) is 0 Å². The highest BCUT2D eigenvalue weighted by atomic mass is 32.2. The molecule has 1 atom stereocenters. The van der Waals surface area contributed by atoms with Crippen molar-refractivity contribution in [3.8, 4) is 0 Å². The van der Waals surface area contributed by atoms with E-state index >= 15 is 0 Å². The van der Waals surface area contributed by atoms with Gasteiger partial charge in [-0.15, -0.1) is 0 Å². The summed E-state index contributed by atoms with van der Waals surface area (Å²) in [6, 6.07) is -0.101. The minimum absolute atomic E-state index is 0.101. The normalized spacial score (nSPS) is 21.6. The molecule has 1 unspecified atom stereocenters. The van der Waals surface area contributed by atoms with Gasteiger partial charge in [0.2, 0.25) is 6.39 Å². The number of nitrogens with two attached hydrogens (primary N) is 1. The van der Waals surface area contributed by atoms with Gasteiger partial charge in [-0.25, -0.2) is 4.72 Å². The number of aromatic nitrogens is 2. The van der Waals surface area contributed by atoms with E-state index in [-0.39, 0.29) is 12.6 Å². The molecule has 8 nitrogen and oxygen atoms in total. The fourth-order valence-corrected chi connectivity index (χ4v) is 3.68. The first kappa shape index (κ1) is 14.4. The molecule has 0 radical (unpaired) electrons. The maximum absolute atomic E-state index is 12.2. The Balaban J connectivity index is 1.89. The predicted molar refractivity (Wildman–Crippen MR) is 68.3 cm³/mol. The van der Waals surface area contributed by atoms with E-state index in [9.17, 15) is 8.42 Å². The number of piperidine rings is 1. The first-order valence-electron chi connectivity index (χ1n) is 6.35. The number of rotatable bonds is 6. The van der Waals surface area contributed by atoms with Gasteiger partial charge in [0.1, 0.15) is 0 Å². The highest BCUT2D eigenvalue weighted by molar-refractivity contribution is 7.87. The molecule has 19 heavy (non-hydrogen) atoms. The maximum atomic E-state index is 12.2. The third-order valence-electron chi connectivity index (χ3n) is 3.19.